The van der Waals surface area contributed by atoms with E-state index in [-0.39, 0.29) is 6.10 Å². The zero-order valence-corrected chi connectivity index (χ0v) is 10.2. The van der Waals surface area contributed by atoms with E-state index in [9.17, 15) is 5.11 Å². The van der Waals surface area contributed by atoms with Crippen LogP contribution >= 0.6 is 0 Å². The summed E-state index contributed by atoms with van der Waals surface area (Å²) in [5.41, 5.74) is 0. The van der Waals surface area contributed by atoms with E-state index in [0.717, 1.165) is 45.3 Å². The highest BCUT2D eigenvalue weighted by atomic mass is 16.5. The highest BCUT2D eigenvalue weighted by Crippen LogP contribution is 2.32. The fourth-order valence-corrected chi connectivity index (χ4v) is 2.38. The molecule has 1 saturated heterocycles. The van der Waals surface area contributed by atoms with Gasteiger partial charge in [-0.2, -0.15) is 0 Å². The first-order valence-electron chi connectivity index (χ1n) is 6.51. The van der Waals surface area contributed by atoms with Crippen molar-refractivity contribution in [2.75, 3.05) is 39.4 Å². The summed E-state index contributed by atoms with van der Waals surface area (Å²) < 4.78 is 5.28. The van der Waals surface area contributed by atoms with Crippen LogP contribution in [0, 0.1) is 5.92 Å². The molecule has 1 aliphatic carbocycles. The van der Waals surface area contributed by atoms with Gasteiger partial charge in [0.05, 0.1) is 19.3 Å². The number of morpholine rings is 1. The third kappa shape index (κ3) is 3.70. The van der Waals surface area contributed by atoms with E-state index in [1.165, 1.54) is 12.8 Å². The van der Waals surface area contributed by atoms with E-state index in [4.69, 9.17) is 4.74 Å². The van der Waals surface area contributed by atoms with Crippen molar-refractivity contribution < 1.29 is 9.84 Å². The van der Waals surface area contributed by atoms with Gasteiger partial charge in [-0.15, -0.1) is 0 Å². The fourth-order valence-electron chi connectivity index (χ4n) is 2.38. The lowest BCUT2D eigenvalue weighted by Gasteiger charge is -2.28. The fraction of sp³-hybridized carbons (Fsp3) is 1.00. The van der Waals surface area contributed by atoms with Crippen molar-refractivity contribution in [3.8, 4) is 0 Å². The van der Waals surface area contributed by atoms with Gasteiger partial charge in [-0.3, -0.25) is 4.90 Å². The molecule has 0 aromatic carbocycles. The maximum Gasteiger partial charge on any atom is 0.0791 e. The van der Waals surface area contributed by atoms with E-state index in [1.807, 2.05) is 0 Å². The second-order valence-corrected chi connectivity index (χ2v) is 4.99. The van der Waals surface area contributed by atoms with Gasteiger partial charge in [0.15, 0.2) is 0 Å². The van der Waals surface area contributed by atoms with Gasteiger partial charge in [0.1, 0.15) is 0 Å². The Morgan fingerprint density at radius 2 is 2.19 bits per heavy atom. The average Bonchev–Trinajstić information content (AvgIpc) is 3.06. The van der Waals surface area contributed by atoms with Crippen LogP contribution < -0.4 is 5.32 Å². The maximum atomic E-state index is 9.89. The molecule has 0 aromatic heterocycles. The Morgan fingerprint density at radius 3 is 2.81 bits per heavy atom. The Kier molecular flexibility index (Phi) is 4.58. The molecule has 2 N–H and O–H groups in total. The van der Waals surface area contributed by atoms with Crippen molar-refractivity contribution in [3.63, 3.8) is 0 Å². The van der Waals surface area contributed by atoms with Crippen LogP contribution in [0.15, 0.2) is 0 Å². The number of β-amino-alcohol motifs (C(OH)–C–C–N with tert-alkyl or cyclic N) is 1. The largest absolute Gasteiger partial charge is 0.390 e. The molecule has 1 heterocycles. The molecule has 16 heavy (non-hydrogen) atoms. The summed E-state index contributed by atoms with van der Waals surface area (Å²) >= 11 is 0. The van der Waals surface area contributed by atoms with Crippen molar-refractivity contribution in [2.45, 2.75) is 31.9 Å². The van der Waals surface area contributed by atoms with Crippen molar-refractivity contribution in [1.29, 1.82) is 0 Å². The standard InChI is InChI=1S/C12H24N2O2/c1-2-10-7-12(10)13-8-11(15)9-14-3-5-16-6-4-14/h10-13,15H,2-9H2,1H3. The number of nitrogens with one attached hydrogen (secondary N) is 1. The second kappa shape index (κ2) is 5.96. The predicted octanol–water partition coefficient (Wildman–Crippen LogP) is 0.0676. The van der Waals surface area contributed by atoms with Crippen molar-refractivity contribution in [2.24, 2.45) is 5.92 Å². The minimum absolute atomic E-state index is 0.240. The summed E-state index contributed by atoms with van der Waals surface area (Å²) in [5, 5.41) is 13.3. The summed E-state index contributed by atoms with van der Waals surface area (Å²) in [7, 11) is 0. The summed E-state index contributed by atoms with van der Waals surface area (Å²) in [6.07, 6.45) is 2.31. The van der Waals surface area contributed by atoms with Gasteiger partial charge >= 0.3 is 0 Å². The molecule has 0 amide bonds. The van der Waals surface area contributed by atoms with E-state index in [0.29, 0.717) is 6.04 Å². The number of ether oxygens (including phenoxy) is 1. The van der Waals surface area contributed by atoms with E-state index in [1.54, 1.807) is 0 Å². The number of hydrogen-bond donors (Lipinski definition) is 2. The predicted molar refractivity (Wildman–Crippen MR) is 63.5 cm³/mol. The van der Waals surface area contributed by atoms with Gasteiger partial charge in [0.2, 0.25) is 0 Å². The van der Waals surface area contributed by atoms with Crippen LogP contribution in [0.4, 0.5) is 0 Å². The van der Waals surface area contributed by atoms with Crippen molar-refractivity contribution in [3.05, 3.63) is 0 Å². The van der Waals surface area contributed by atoms with Crippen molar-refractivity contribution >= 4 is 0 Å². The molecular weight excluding hydrogens is 204 g/mol. The maximum absolute atomic E-state index is 9.89. The molecular formula is C12H24N2O2. The van der Waals surface area contributed by atoms with Gasteiger partial charge in [0.25, 0.3) is 0 Å². The smallest absolute Gasteiger partial charge is 0.0791 e. The molecule has 0 spiro atoms. The second-order valence-electron chi connectivity index (χ2n) is 4.99. The topological polar surface area (TPSA) is 44.7 Å². The lowest BCUT2D eigenvalue weighted by Crippen LogP contribution is -2.44. The zero-order chi connectivity index (χ0) is 11.4. The molecule has 1 saturated carbocycles. The minimum Gasteiger partial charge on any atom is -0.390 e. The van der Waals surface area contributed by atoms with E-state index in [2.05, 4.69) is 17.1 Å². The normalized spacial score (nSPS) is 32.6. The summed E-state index contributed by atoms with van der Waals surface area (Å²) in [6.45, 7) is 7.27. The van der Waals surface area contributed by atoms with Gasteiger partial charge in [-0.1, -0.05) is 13.3 Å². The Hall–Kier alpha value is -0.160. The van der Waals surface area contributed by atoms with Crippen LogP contribution in [0.25, 0.3) is 0 Å². The highest BCUT2D eigenvalue weighted by Gasteiger charge is 2.34. The van der Waals surface area contributed by atoms with Crippen LogP contribution in [0.2, 0.25) is 0 Å². The Bertz CT molecular complexity index is 207. The molecule has 2 fully saturated rings. The first-order valence-corrected chi connectivity index (χ1v) is 6.51. The van der Waals surface area contributed by atoms with Gasteiger partial charge in [-0.25, -0.2) is 0 Å². The summed E-state index contributed by atoms with van der Waals surface area (Å²) in [5.74, 6) is 0.857. The van der Waals surface area contributed by atoms with Crippen LogP contribution in [0.1, 0.15) is 19.8 Å². The highest BCUT2D eigenvalue weighted by molar-refractivity contribution is 4.92. The molecule has 1 aliphatic heterocycles. The summed E-state index contributed by atoms with van der Waals surface area (Å²) in [6, 6.07) is 0.671. The van der Waals surface area contributed by atoms with Crippen molar-refractivity contribution in [1.82, 2.24) is 10.2 Å². The molecule has 3 atom stereocenters. The monoisotopic (exact) mass is 228 g/mol. The number of aliphatic hydroxyl groups is 1. The lowest BCUT2D eigenvalue weighted by molar-refractivity contribution is 0.0148. The third-order valence-electron chi connectivity index (χ3n) is 3.64. The quantitative estimate of drug-likeness (QED) is 0.675. The molecule has 2 aliphatic rings. The Morgan fingerprint density at radius 1 is 1.44 bits per heavy atom. The number of aliphatic hydroxyl groups excluding tert-OH is 1. The van der Waals surface area contributed by atoms with Gasteiger partial charge in [-0.05, 0) is 12.3 Å². The summed E-state index contributed by atoms with van der Waals surface area (Å²) in [4.78, 5) is 2.28. The van der Waals surface area contributed by atoms with Gasteiger partial charge < -0.3 is 15.2 Å². The third-order valence-corrected chi connectivity index (χ3v) is 3.64. The van der Waals surface area contributed by atoms with Crippen LogP contribution in [0.3, 0.4) is 0 Å². The first-order chi connectivity index (χ1) is 7.79. The molecule has 0 radical (unpaired) electrons. The minimum atomic E-state index is -0.240. The molecule has 4 nitrogen and oxygen atoms in total. The average molecular weight is 228 g/mol. The molecule has 2 rings (SSSR count). The van der Waals surface area contributed by atoms with Crippen LogP contribution in [-0.4, -0.2) is 61.5 Å². The zero-order valence-electron chi connectivity index (χ0n) is 10.2. The molecule has 0 aromatic rings. The molecule has 4 heteroatoms. The van der Waals surface area contributed by atoms with Gasteiger partial charge in [0, 0.05) is 32.2 Å². The first kappa shape index (κ1) is 12.3. The van der Waals surface area contributed by atoms with Crippen LogP contribution in [0.5, 0.6) is 0 Å². The molecule has 0 bridgehead atoms. The van der Waals surface area contributed by atoms with E-state index < -0.39 is 0 Å². The van der Waals surface area contributed by atoms with Crippen LogP contribution in [-0.2, 0) is 4.74 Å². The Labute approximate surface area is 98.0 Å². The number of hydrogen-bond acceptors (Lipinski definition) is 4. The molecule has 3 unspecified atom stereocenters. The number of rotatable bonds is 6. The lowest BCUT2D eigenvalue weighted by atomic mass is 10.3. The van der Waals surface area contributed by atoms with E-state index >= 15 is 0 Å². The molecule has 94 valence electrons. The Balaban J connectivity index is 1.55. The SMILES string of the molecule is CCC1CC1NCC(O)CN1CCOCC1. The number of nitrogens with zero attached hydrogens (tertiary/aromatic N) is 1.